The second-order valence-corrected chi connectivity index (χ2v) is 3.39. The number of hydrogen-bond acceptors (Lipinski definition) is 2. The number of aromatic nitrogens is 1. The summed E-state index contributed by atoms with van der Waals surface area (Å²) in [5, 5.41) is 0. The standard InChI is InChI=1S/C15H16N2/c1-5-10-16-14(12(4)6-2)15-13(7-3)9-8-11-17-15/h5-11H,1-3H2,4H3/b14-12-,16-10?. The Morgan fingerprint density at radius 1 is 1.35 bits per heavy atom. The van der Waals surface area contributed by atoms with E-state index in [1.165, 1.54) is 0 Å². The van der Waals surface area contributed by atoms with E-state index in [0.717, 1.165) is 22.5 Å². The summed E-state index contributed by atoms with van der Waals surface area (Å²) in [7, 11) is 0. The second kappa shape index (κ2) is 6.38. The van der Waals surface area contributed by atoms with Crippen molar-refractivity contribution in [1.82, 2.24) is 4.98 Å². The van der Waals surface area contributed by atoms with Crippen LogP contribution in [0.5, 0.6) is 0 Å². The predicted molar refractivity (Wildman–Crippen MR) is 75.8 cm³/mol. The molecule has 0 amide bonds. The first-order valence-electron chi connectivity index (χ1n) is 5.30. The molecule has 17 heavy (non-hydrogen) atoms. The van der Waals surface area contributed by atoms with Crippen molar-refractivity contribution in [1.29, 1.82) is 0 Å². The van der Waals surface area contributed by atoms with Gasteiger partial charge in [0.1, 0.15) is 0 Å². The van der Waals surface area contributed by atoms with Crippen LogP contribution in [0.2, 0.25) is 0 Å². The maximum Gasteiger partial charge on any atom is 0.0960 e. The Morgan fingerprint density at radius 2 is 2.12 bits per heavy atom. The van der Waals surface area contributed by atoms with Crippen LogP contribution in [0.25, 0.3) is 11.8 Å². The Kier molecular flexibility index (Phi) is 4.82. The molecule has 0 aliphatic carbocycles. The lowest BCUT2D eigenvalue weighted by molar-refractivity contribution is 1.23. The highest BCUT2D eigenvalue weighted by atomic mass is 14.8. The molecular formula is C15H16N2. The molecular weight excluding hydrogens is 208 g/mol. The quantitative estimate of drug-likeness (QED) is 0.550. The van der Waals surface area contributed by atoms with E-state index in [2.05, 4.69) is 29.7 Å². The third-order valence-corrected chi connectivity index (χ3v) is 2.27. The lowest BCUT2D eigenvalue weighted by Gasteiger charge is -2.07. The summed E-state index contributed by atoms with van der Waals surface area (Å²) in [6.07, 6.45) is 8.54. The molecule has 0 bridgehead atoms. The van der Waals surface area contributed by atoms with Gasteiger partial charge in [-0.25, -0.2) is 0 Å². The summed E-state index contributed by atoms with van der Waals surface area (Å²) in [5.41, 5.74) is 3.50. The molecule has 86 valence electrons. The van der Waals surface area contributed by atoms with E-state index in [4.69, 9.17) is 0 Å². The summed E-state index contributed by atoms with van der Waals surface area (Å²) in [6, 6.07) is 3.83. The fraction of sp³-hybridized carbons (Fsp3) is 0.0667. The molecule has 0 aromatic carbocycles. The van der Waals surface area contributed by atoms with Crippen LogP contribution in [0.15, 0.2) is 60.8 Å². The first-order chi connectivity index (χ1) is 8.24. The zero-order chi connectivity index (χ0) is 12.7. The Morgan fingerprint density at radius 3 is 2.71 bits per heavy atom. The van der Waals surface area contributed by atoms with Gasteiger partial charge in [-0.2, -0.15) is 0 Å². The molecule has 0 atom stereocenters. The molecule has 2 nitrogen and oxygen atoms in total. The average molecular weight is 224 g/mol. The Labute approximate surface area is 102 Å². The molecule has 1 heterocycles. The largest absolute Gasteiger partial charge is 0.254 e. The van der Waals surface area contributed by atoms with Crippen molar-refractivity contribution < 1.29 is 0 Å². The number of pyridine rings is 1. The van der Waals surface area contributed by atoms with Crippen LogP contribution >= 0.6 is 0 Å². The van der Waals surface area contributed by atoms with E-state index < -0.39 is 0 Å². The molecule has 0 spiro atoms. The molecule has 0 fully saturated rings. The van der Waals surface area contributed by atoms with Crippen LogP contribution in [0, 0.1) is 0 Å². The van der Waals surface area contributed by atoms with Gasteiger partial charge in [0.15, 0.2) is 0 Å². The topological polar surface area (TPSA) is 25.2 Å². The third-order valence-electron chi connectivity index (χ3n) is 2.27. The first-order valence-corrected chi connectivity index (χ1v) is 5.30. The van der Waals surface area contributed by atoms with Crippen molar-refractivity contribution in [2.45, 2.75) is 6.92 Å². The fourth-order valence-corrected chi connectivity index (χ4v) is 1.35. The van der Waals surface area contributed by atoms with Gasteiger partial charge in [-0.15, -0.1) is 0 Å². The second-order valence-electron chi connectivity index (χ2n) is 3.39. The molecule has 1 rings (SSSR count). The van der Waals surface area contributed by atoms with E-state index in [1.54, 1.807) is 30.6 Å². The fourth-order valence-electron chi connectivity index (χ4n) is 1.35. The molecule has 0 aliphatic rings. The molecule has 0 unspecified atom stereocenters. The van der Waals surface area contributed by atoms with Gasteiger partial charge in [-0.3, -0.25) is 9.98 Å². The van der Waals surface area contributed by atoms with Crippen molar-refractivity contribution in [3.63, 3.8) is 0 Å². The van der Waals surface area contributed by atoms with Gasteiger partial charge in [-0.1, -0.05) is 44.0 Å². The van der Waals surface area contributed by atoms with E-state index in [1.807, 2.05) is 19.1 Å². The molecule has 0 saturated heterocycles. The molecule has 0 aliphatic heterocycles. The van der Waals surface area contributed by atoms with Crippen molar-refractivity contribution in [3.8, 4) is 0 Å². The van der Waals surface area contributed by atoms with Crippen molar-refractivity contribution in [2.24, 2.45) is 4.99 Å². The van der Waals surface area contributed by atoms with Gasteiger partial charge in [0, 0.05) is 18.0 Å². The molecule has 1 aromatic heterocycles. The molecule has 0 saturated carbocycles. The molecule has 1 aromatic rings. The minimum Gasteiger partial charge on any atom is -0.254 e. The number of rotatable bonds is 5. The smallest absolute Gasteiger partial charge is 0.0960 e. The van der Waals surface area contributed by atoms with Crippen LogP contribution < -0.4 is 0 Å². The molecule has 0 radical (unpaired) electrons. The summed E-state index contributed by atoms with van der Waals surface area (Å²) < 4.78 is 0. The lowest BCUT2D eigenvalue weighted by Crippen LogP contribution is -1.93. The Bertz CT molecular complexity index is 493. The summed E-state index contributed by atoms with van der Waals surface area (Å²) >= 11 is 0. The van der Waals surface area contributed by atoms with Crippen molar-refractivity contribution >= 4 is 18.0 Å². The maximum absolute atomic E-state index is 4.35. The van der Waals surface area contributed by atoms with Crippen LogP contribution in [0.1, 0.15) is 18.2 Å². The van der Waals surface area contributed by atoms with Crippen LogP contribution in [0.4, 0.5) is 0 Å². The normalized spacial score (nSPS) is 12.1. The van der Waals surface area contributed by atoms with Gasteiger partial charge < -0.3 is 0 Å². The maximum atomic E-state index is 4.35. The van der Waals surface area contributed by atoms with Gasteiger partial charge in [0.2, 0.25) is 0 Å². The van der Waals surface area contributed by atoms with Crippen molar-refractivity contribution in [3.05, 3.63) is 67.0 Å². The highest BCUT2D eigenvalue weighted by molar-refractivity contribution is 5.82. The highest BCUT2D eigenvalue weighted by Crippen LogP contribution is 2.22. The van der Waals surface area contributed by atoms with E-state index in [-0.39, 0.29) is 0 Å². The van der Waals surface area contributed by atoms with Gasteiger partial charge in [0.25, 0.3) is 0 Å². The first kappa shape index (κ1) is 12.8. The minimum atomic E-state index is 0.787. The highest BCUT2D eigenvalue weighted by Gasteiger charge is 2.07. The van der Waals surface area contributed by atoms with Crippen LogP contribution in [-0.4, -0.2) is 11.2 Å². The van der Waals surface area contributed by atoms with Crippen molar-refractivity contribution in [2.75, 3.05) is 0 Å². The Balaban J connectivity index is 3.42. The van der Waals surface area contributed by atoms with E-state index >= 15 is 0 Å². The number of allylic oxidation sites excluding steroid dienone is 3. The predicted octanol–water partition coefficient (Wildman–Crippen LogP) is 3.90. The average Bonchev–Trinajstić information content (AvgIpc) is 2.39. The molecule has 0 N–H and O–H groups in total. The van der Waals surface area contributed by atoms with Crippen LogP contribution in [-0.2, 0) is 0 Å². The zero-order valence-corrected chi connectivity index (χ0v) is 10.1. The Hall–Kier alpha value is -2.22. The van der Waals surface area contributed by atoms with Crippen LogP contribution in [0.3, 0.4) is 0 Å². The van der Waals surface area contributed by atoms with Gasteiger partial charge in [0.05, 0.1) is 11.4 Å². The minimum absolute atomic E-state index is 0.787. The van der Waals surface area contributed by atoms with Gasteiger partial charge in [-0.05, 0) is 18.6 Å². The van der Waals surface area contributed by atoms with Gasteiger partial charge >= 0.3 is 0 Å². The monoisotopic (exact) mass is 224 g/mol. The third kappa shape index (κ3) is 3.11. The molecule has 2 heteroatoms. The summed E-state index contributed by atoms with van der Waals surface area (Å²) in [4.78, 5) is 8.69. The van der Waals surface area contributed by atoms with E-state index in [9.17, 15) is 0 Å². The zero-order valence-electron chi connectivity index (χ0n) is 10.1. The SMILES string of the molecule is C=CC=N/C(=C(/C)C=C)c1ncccc1C=C. The number of hydrogen-bond donors (Lipinski definition) is 0. The number of aliphatic imine (C=N–C) groups is 1. The number of nitrogens with zero attached hydrogens (tertiary/aromatic N) is 2. The summed E-state index contributed by atoms with van der Waals surface area (Å²) in [5.74, 6) is 0. The lowest BCUT2D eigenvalue weighted by atomic mass is 10.1. The summed E-state index contributed by atoms with van der Waals surface area (Å²) in [6.45, 7) is 13.1. The van der Waals surface area contributed by atoms with E-state index in [0.29, 0.717) is 0 Å².